The molecule has 0 aliphatic heterocycles. The smallest absolute Gasteiger partial charge is 0.0233 e. The first-order valence-corrected chi connectivity index (χ1v) is 50.9. The molecule has 13 aromatic rings. The Kier molecular flexibility index (Phi) is 32.7. The predicted molar refractivity (Wildman–Crippen MR) is 575 cm³/mol. The first-order valence-electron chi connectivity index (χ1n) is 50.9. The molecule has 13 rings (SSSR count). The van der Waals surface area contributed by atoms with Gasteiger partial charge in [0.1, 0.15) is 0 Å². The summed E-state index contributed by atoms with van der Waals surface area (Å²) in [6, 6.07) is 59.9. The van der Waals surface area contributed by atoms with E-state index in [1.54, 1.807) is 33.4 Å². The average molecular weight is 1750 g/mol. The van der Waals surface area contributed by atoms with E-state index in [1.807, 2.05) is 0 Å². The molecule has 0 radical (unpaired) electrons. The van der Waals surface area contributed by atoms with Gasteiger partial charge in [-0.25, -0.2) is 0 Å². The maximum atomic E-state index is 2.51. The molecule has 0 atom stereocenters. The molecular formula is C132H162. The van der Waals surface area contributed by atoms with E-state index in [0.29, 0.717) is 0 Å². The lowest BCUT2D eigenvalue weighted by molar-refractivity contribution is 0.776. The summed E-state index contributed by atoms with van der Waals surface area (Å²) in [5.41, 5.74) is 79.7. The highest BCUT2D eigenvalue weighted by Crippen LogP contribution is 2.40. The van der Waals surface area contributed by atoms with Crippen molar-refractivity contribution in [2.45, 2.75) is 362 Å². The van der Waals surface area contributed by atoms with Crippen LogP contribution in [-0.2, 0) is 154 Å². The lowest BCUT2D eigenvalue weighted by Gasteiger charge is -2.28. The summed E-state index contributed by atoms with van der Waals surface area (Å²) in [4.78, 5) is 0. The highest BCUT2D eigenvalue weighted by molar-refractivity contribution is 5.59. The summed E-state index contributed by atoms with van der Waals surface area (Å²) < 4.78 is 0. The van der Waals surface area contributed by atoms with Crippen LogP contribution >= 0.6 is 0 Å². The van der Waals surface area contributed by atoms with Gasteiger partial charge in [-0.15, -0.1) is 0 Å². The highest BCUT2D eigenvalue weighted by Gasteiger charge is 2.27. The van der Waals surface area contributed by atoms with Crippen LogP contribution in [0.5, 0.6) is 0 Å². The van der Waals surface area contributed by atoms with E-state index in [-0.39, 0.29) is 0 Å². The predicted octanol–water partition coefficient (Wildman–Crippen LogP) is 32.4. The number of benzene rings is 13. The molecule has 0 aromatic heterocycles. The second-order valence-corrected chi connectivity index (χ2v) is 41.4. The number of hydrogen-bond donors (Lipinski definition) is 0. The Balaban J connectivity index is 0.954. The number of rotatable bonds is 36. The van der Waals surface area contributed by atoms with Crippen molar-refractivity contribution in [1.82, 2.24) is 0 Å². The Labute approximate surface area is 802 Å². The van der Waals surface area contributed by atoms with Crippen LogP contribution in [-0.4, -0.2) is 0 Å². The van der Waals surface area contributed by atoms with E-state index in [4.69, 9.17) is 0 Å². The monoisotopic (exact) mass is 1750 g/mol. The van der Waals surface area contributed by atoms with Crippen molar-refractivity contribution in [2.24, 2.45) is 0 Å². The van der Waals surface area contributed by atoms with E-state index in [2.05, 4.69) is 353 Å². The number of aryl methyl sites for hydroxylation is 12. The zero-order valence-corrected chi connectivity index (χ0v) is 87.8. The fourth-order valence-corrected chi connectivity index (χ4v) is 23.1. The van der Waals surface area contributed by atoms with Crippen molar-refractivity contribution >= 4 is 0 Å². The second-order valence-electron chi connectivity index (χ2n) is 41.4. The first-order chi connectivity index (χ1) is 62.9. The molecule has 0 heterocycles. The molecule has 0 N–H and O–H groups in total. The molecule has 0 amide bonds. The maximum Gasteiger partial charge on any atom is -0.0233 e. The quantitative estimate of drug-likeness (QED) is 0.0367. The SMILES string of the molecule is Cc1c(C)c(C)c(CCc2ccc(CCc3c(CCc4ccc(CCc5c(C)c(C)c(C)c(C)c5C)cc4)c(CCc4ccc(CCc5c(C)c(C)c(C)c(C)c5C)cc4)c(CCc4ccc(CCc5c(C)c(C)c(C)c(C)c5C)cc4)c(CCc4ccc(CCc5c(C)c(C)c(C)c(C)c5C)cc4)c3CCc3ccc(CCc4c(C)c(C)c(C)c(C)c4C)cc3)cc2)c(C)c1C. The van der Waals surface area contributed by atoms with Gasteiger partial charge in [0.05, 0.1) is 0 Å². The minimum absolute atomic E-state index is 0.980. The van der Waals surface area contributed by atoms with Gasteiger partial charge in [0, 0.05) is 0 Å². The summed E-state index contributed by atoms with van der Waals surface area (Å²) >= 11 is 0. The molecule has 0 saturated carbocycles. The molecule has 0 unspecified atom stereocenters. The first kappa shape index (κ1) is 99.3. The molecule has 0 aliphatic carbocycles. The topological polar surface area (TPSA) is 0 Å². The Morgan fingerprint density at radius 2 is 0.136 bits per heavy atom. The van der Waals surface area contributed by atoms with Crippen LogP contribution in [0, 0.1) is 208 Å². The Hall–Kier alpha value is -10.1. The van der Waals surface area contributed by atoms with Gasteiger partial charge in [-0.3, -0.25) is 0 Å². The third kappa shape index (κ3) is 21.9. The van der Waals surface area contributed by atoms with Gasteiger partial charge < -0.3 is 0 Å². The molecule has 0 spiro atoms. The van der Waals surface area contributed by atoms with Crippen LogP contribution in [0.4, 0.5) is 0 Å². The van der Waals surface area contributed by atoms with E-state index in [0.717, 1.165) is 154 Å². The fourth-order valence-electron chi connectivity index (χ4n) is 23.1. The maximum absolute atomic E-state index is 2.51. The average Bonchev–Trinajstić information content (AvgIpc) is 0.720. The van der Waals surface area contributed by atoms with Gasteiger partial charge in [-0.2, -0.15) is 0 Å². The van der Waals surface area contributed by atoms with Gasteiger partial charge in [0.25, 0.3) is 0 Å². The molecule has 0 bridgehead atoms. The standard InChI is InChI=1S/C132H162/c1-79-85(7)97(19)121(98(20)86(79)8)67-55-109-31-43-115(44-32-109)61-73-127-128(74-62-116-45-33-110(34-46-116)56-68-122-99(21)87(9)80(2)88(10)100(122)22)130(76-64-118-49-37-112(38-50-118)58-70-124-103(25)91(13)82(4)92(14)104(124)26)132(78-66-120-53-41-114(42-54-120)60-72-126-107(29)95(17)84(6)96(18)108(126)30)131(77-65-119-51-39-113(40-52-119)59-71-125-105(27)93(15)83(5)94(16)106(125)28)129(127)75-63-117-47-35-111(36-48-117)57-69-123-101(23)89(11)81(3)90(12)102(123)24/h31-54H,55-78H2,1-30H3. The van der Waals surface area contributed by atoms with Crippen molar-refractivity contribution in [1.29, 1.82) is 0 Å². The molecule has 132 heavy (non-hydrogen) atoms. The summed E-state index contributed by atoms with van der Waals surface area (Å²) in [5.74, 6) is 0. The zero-order valence-electron chi connectivity index (χ0n) is 87.8. The largest absolute Gasteiger partial charge is 0.0588 e. The van der Waals surface area contributed by atoms with Gasteiger partial charge in [-0.1, -0.05) is 146 Å². The molecule has 13 aromatic carbocycles. The van der Waals surface area contributed by atoms with Gasteiger partial charge >= 0.3 is 0 Å². The number of hydrogen-bond acceptors (Lipinski definition) is 0. The van der Waals surface area contributed by atoms with Gasteiger partial charge in [-0.05, 0) is 662 Å². The Morgan fingerprint density at radius 1 is 0.0758 bits per heavy atom. The van der Waals surface area contributed by atoms with E-state index >= 15 is 0 Å². The molecule has 0 fully saturated rings. The van der Waals surface area contributed by atoms with Crippen molar-refractivity contribution in [3.8, 4) is 0 Å². The van der Waals surface area contributed by atoms with Crippen LogP contribution in [0.3, 0.4) is 0 Å². The van der Waals surface area contributed by atoms with E-state index in [9.17, 15) is 0 Å². The Morgan fingerprint density at radius 3 is 0.212 bits per heavy atom. The van der Waals surface area contributed by atoms with Crippen LogP contribution < -0.4 is 0 Å². The minimum Gasteiger partial charge on any atom is -0.0588 e. The van der Waals surface area contributed by atoms with Crippen molar-refractivity contribution in [3.05, 3.63) is 446 Å². The lowest BCUT2D eigenvalue weighted by atomic mass is 9.76. The van der Waals surface area contributed by atoms with Crippen LogP contribution in [0.15, 0.2) is 146 Å². The summed E-state index contributed by atoms with van der Waals surface area (Å²) in [5, 5.41) is 0. The van der Waals surface area contributed by atoms with Gasteiger partial charge in [0.15, 0.2) is 0 Å². The van der Waals surface area contributed by atoms with E-state index in [1.165, 1.54) is 267 Å². The zero-order chi connectivity index (χ0) is 95.1. The van der Waals surface area contributed by atoms with Crippen molar-refractivity contribution in [3.63, 3.8) is 0 Å². The summed E-state index contributed by atoms with van der Waals surface area (Å²) in [7, 11) is 0. The molecule has 690 valence electrons. The fraction of sp³-hybridized carbons (Fsp3) is 0.409. The molecule has 0 saturated heterocycles. The summed E-state index contributed by atoms with van der Waals surface area (Å²) in [6.45, 7) is 70.1. The molecule has 0 heteroatoms. The van der Waals surface area contributed by atoms with Crippen LogP contribution in [0.25, 0.3) is 0 Å². The van der Waals surface area contributed by atoms with Gasteiger partial charge in [0.2, 0.25) is 0 Å². The highest BCUT2D eigenvalue weighted by atomic mass is 14.3. The lowest BCUT2D eigenvalue weighted by Crippen LogP contribution is -2.18. The normalized spacial score (nSPS) is 11.7. The van der Waals surface area contributed by atoms with Crippen molar-refractivity contribution in [2.75, 3.05) is 0 Å². The third-order valence-electron chi connectivity index (χ3n) is 35.2. The molecular weight excluding hydrogens is 1590 g/mol. The molecule has 0 nitrogen and oxygen atoms in total. The summed E-state index contributed by atoms with van der Waals surface area (Å²) in [6.07, 6.45) is 24.3. The molecule has 0 aliphatic rings. The van der Waals surface area contributed by atoms with Crippen LogP contribution in [0.1, 0.15) is 300 Å². The Bertz CT molecular complexity index is 5160. The second kappa shape index (κ2) is 43.5. The van der Waals surface area contributed by atoms with Crippen molar-refractivity contribution < 1.29 is 0 Å². The third-order valence-corrected chi connectivity index (χ3v) is 35.2. The van der Waals surface area contributed by atoms with E-state index < -0.39 is 0 Å². The van der Waals surface area contributed by atoms with Crippen LogP contribution in [0.2, 0.25) is 0 Å². The minimum atomic E-state index is 0.980.